The van der Waals surface area contributed by atoms with Gasteiger partial charge in [-0.2, -0.15) is 0 Å². The predicted molar refractivity (Wildman–Crippen MR) is 76.6 cm³/mol. The number of carboxylic acid groups (broad SMARTS) is 1. The van der Waals surface area contributed by atoms with Gasteiger partial charge < -0.3 is 10.4 Å². The number of halogens is 2. The van der Waals surface area contributed by atoms with Gasteiger partial charge in [0.15, 0.2) is 6.04 Å². The average Bonchev–Trinajstić information content (AvgIpc) is 2.41. The summed E-state index contributed by atoms with van der Waals surface area (Å²) in [5.74, 6) is -1.39. The summed E-state index contributed by atoms with van der Waals surface area (Å²) in [5.41, 5.74) is 1.53. The fourth-order valence-electron chi connectivity index (χ4n) is 1.85. The van der Waals surface area contributed by atoms with Crippen LogP contribution in [0.25, 0.3) is 0 Å². The van der Waals surface area contributed by atoms with E-state index in [2.05, 4.69) is 5.32 Å². The Hall–Kier alpha value is -2.07. The van der Waals surface area contributed by atoms with E-state index >= 15 is 0 Å². The molecule has 0 heterocycles. The van der Waals surface area contributed by atoms with Gasteiger partial charge in [-0.15, -0.1) is 0 Å². The highest BCUT2D eigenvalue weighted by atomic mass is 35.5. The van der Waals surface area contributed by atoms with Gasteiger partial charge in [-0.3, -0.25) is 0 Å². The molecular formula is C15H13ClFNO2. The fraction of sp³-hybridized carbons (Fsp3) is 0.133. The Labute approximate surface area is 121 Å². The minimum atomic E-state index is -1.04. The molecule has 0 aliphatic rings. The molecule has 0 saturated carbocycles. The quantitative estimate of drug-likeness (QED) is 0.895. The van der Waals surface area contributed by atoms with E-state index < -0.39 is 12.0 Å². The van der Waals surface area contributed by atoms with E-state index in [9.17, 15) is 14.3 Å². The summed E-state index contributed by atoms with van der Waals surface area (Å²) in [5, 5.41) is 12.8. The van der Waals surface area contributed by atoms with E-state index in [1.165, 1.54) is 18.2 Å². The van der Waals surface area contributed by atoms with Crippen LogP contribution in [-0.2, 0) is 4.79 Å². The van der Waals surface area contributed by atoms with Crippen LogP contribution in [0.15, 0.2) is 42.5 Å². The van der Waals surface area contributed by atoms with E-state index in [1.54, 1.807) is 31.2 Å². The molecule has 5 heteroatoms. The van der Waals surface area contributed by atoms with Crippen LogP contribution < -0.4 is 5.32 Å². The SMILES string of the molecule is Cc1cc(C(Nc2ccc(Cl)cc2)C(=O)O)ccc1F. The molecule has 3 nitrogen and oxygen atoms in total. The maximum Gasteiger partial charge on any atom is 0.330 e. The molecule has 0 aromatic heterocycles. The number of hydrogen-bond acceptors (Lipinski definition) is 2. The van der Waals surface area contributed by atoms with Crippen molar-refractivity contribution >= 4 is 23.3 Å². The molecule has 1 unspecified atom stereocenters. The monoisotopic (exact) mass is 293 g/mol. The van der Waals surface area contributed by atoms with Crippen molar-refractivity contribution in [2.24, 2.45) is 0 Å². The van der Waals surface area contributed by atoms with Gasteiger partial charge in [0.1, 0.15) is 5.82 Å². The first-order valence-electron chi connectivity index (χ1n) is 5.98. The molecule has 2 aromatic carbocycles. The number of hydrogen-bond donors (Lipinski definition) is 2. The normalized spacial score (nSPS) is 11.9. The molecule has 104 valence electrons. The van der Waals surface area contributed by atoms with Crippen molar-refractivity contribution in [3.63, 3.8) is 0 Å². The minimum Gasteiger partial charge on any atom is -0.479 e. The Balaban J connectivity index is 2.29. The Morgan fingerprint density at radius 2 is 1.90 bits per heavy atom. The maximum atomic E-state index is 13.3. The standard InChI is InChI=1S/C15H13ClFNO2/c1-9-8-10(2-7-13(9)17)14(15(19)20)18-12-5-3-11(16)4-6-12/h2-8,14,18H,1H3,(H,19,20). The molecule has 0 spiro atoms. The van der Waals surface area contributed by atoms with E-state index in [0.29, 0.717) is 21.8 Å². The lowest BCUT2D eigenvalue weighted by atomic mass is 10.0. The number of nitrogens with one attached hydrogen (secondary N) is 1. The smallest absolute Gasteiger partial charge is 0.330 e. The second-order valence-electron chi connectivity index (χ2n) is 4.43. The summed E-state index contributed by atoms with van der Waals surface area (Å²) < 4.78 is 13.3. The molecule has 0 amide bonds. The number of aryl methyl sites for hydroxylation is 1. The number of aliphatic carboxylic acids is 1. The van der Waals surface area contributed by atoms with Crippen molar-refractivity contribution in [3.8, 4) is 0 Å². The van der Waals surface area contributed by atoms with E-state index in [0.717, 1.165) is 0 Å². The molecule has 20 heavy (non-hydrogen) atoms. The minimum absolute atomic E-state index is 0.357. The van der Waals surface area contributed by atoms with Crippen molar-refractivity contribution in [1.82, 2.24) is 0 Å². The van der Waals surface area contributed by atoms with E-state index in [-0.39, 0.29) is 5.82 Å². The lowest BCUT2D eigenvalue weighted by Crippen LogP contribution is -2.20. The Bertz CT molecular complexity index is 628. The summed E-state index contributed by atoms with van der Waals surface area (Å²) in [7, 11) is 0. The third-order valence-electron chi connectivity index (χ3n) is 2.92. The lowest BCUT2D eigenvalue weighted by molar-refractivity contribution is -0.138. The zero-order valence-corrected chi connectivity index (χ0v) is 11.5. The second kappa shape index (κ2) is 5.92. The van der Waals surface area contributed by atoms with E-state index in [1.807, 2.05) is 0 Å². The van der Waals surface area contributed by atoms with Crippen molar-refractivity contribution in [2.75, 3.05) is 5.32 Å². The van der Waals surface area contributed by atoms with Gasteiger partial charge in [0.25, 0.3) is 0 Å². The summed E-state index contributed by atoms with van der Waals surface area (Å²) in [4.78, 5) is 11.4. The van der Waals surface area contributed by atoms with Crippen LogP contribution in [0.5, 0.6) is 0 Å². The first kappa shape index (κ1) is 14.3. The third-order valence-corrected chi connectivity index (χ3v) is 3.17. The van der Waals surface area contributed by atoms with Crippen molar-refractivity contribution in [3.05, 3.63) is 64.4 Å². The van der Waals surface area contributed by atoms with Gasteiger partial charge in [-0.25, -0.2) is 9.18 Å². The number of rotatable bonds is 4. The van der Waals surface area contributed by atoms with Crippen LogP contribution in [0.4, 0.5) is 10.1 Å². The summed E-state index contributed by atoms with van der Waals surface area (Å²) >= 11 is 5.78. The zero-order valence-electron chi connectivity index (χ0n) is 10.7. The first-order chi connectivity index (χ1) is 9.47. The van der Waals surface area contributed by atoms with Crippen molar-refractivity contribution < 1.29 is 14.3 Å². The van der Waals surface area contributed by atoms with Gasteiger partial charge >= 0.3 is 5.97 Å². The molecule has 0 aliphatic heterocycles. The van der Waals surface area contributed by atoms with Gasteiger partial charge in [0.2, 0.25) is 0 Å². The lowest BCUT2D eigenvalue weighted by Gasteiger charge is -2.17. The van der Waals surface area contributed by atoms with E-state index in [4.69, 9.17) is 11.6 Å². The predicted octanol–water partition coefficient (Wildman–Crippen LogP) is 4.03. The molecule has 0 fully saturated rings. The van der Waals surface area contributed by atoms with Crippen molar-refractivity contribution in [1.29, 1.82) is 0 Å². The third kappa shape index (κ3) is 3.27. The molecular weight excluding hydrogens is 281 g/mol. The molecule has 0 bridgehead atoms. The highest BCUT2D eigenvalue weighted by molar-refractivity contribution is 6.30. The molecule has 2 aromatic rings. The van der Waals surface area contributed by atoms with Crippen LogP contribution in [0.3, 0.4) is 0 Å². The Morgan fingerprint density at radius 1 is 1.25 bits per heavy atom. The highest BCUT2D eigenvalue weighted by Gasteiger charge is 2.20. The Morgan fingerprint density at radius 3 is 2.45 bits per heavy atom. The van der Waals surface area contributed by atoms with Gasteiger partial charge in [-0.1, -0.05) is 23.7 Å². The average molecular weight is 294 g/mol. The maximum absolute atomic E-state index is 13.3. The van der Waals surface area contributed by atoms with Gasteiger partial charge in [0.05, 0.1) is 0 Å². The van der Waals surface area contributed by atoms with Crippen LogP contribution in [0, 0.1) is 12.7 Å². The van der Waals surface area contributed by atoms with Crippen LogP contribution >= 0.6 is 11.6 Å². The van der Waals surface area contributed by atoms with Crippen LogP contribution in [-0.4, -0.2) is 11.1 Å². The van der Waals surface area contributed by atoms with Crippen molar-refractivity contribution in [2.45, 2.75) is 13.0 Å². The highest BCUT2D eigenvalue weighted by Crippen LogP contribution is 2.23. The summed E-state index contributed by atoms with van der Waals surface area (Å²) in [6, 6.07) is 10.0. The van der Waals surface area contributed by atoms with Crippen LogP contribution in [0.1, 0.15) is 17.2 Å². The summed E-state index contributed by atoms with van der Waals surface area (Å²) in [6.07, 6.45) is 0. The fourth-order valence-corrected chi connectivity index (χ4v) is 1.97. The van der Waals surface area contributed by atoms with Gasteiger partial charge in [0, 0.05) is 10.7 Å². The Kier molecular flexibility index (Phi) is 4.25. The first-order valence-corrected chi connectivity index (χ1v) is 6.36. The molecule has 2 N–H and O–H groups in total. The number of carbonyl (C=O) groups is 1. The zero-order chi connectivity index (χ0) is 14.7. The molecule has 2 rings (SSSR count). The van der Waals surface area contributed by atoms with Gasteiger partial charge in [-0.05, 0) is 48.4 Å². The second-order valence-corrected chi connectivity index (χ2v) is 4.87. The number of benzene rings is 2. The number of anilines is 1. The molecule has 0 radical (unpaired) electrons. The van der Waals surface area contributed by atoms with Crippen LogP contribution in [0.2, 0.25) is 5.02 Å². The number of carboxylic acids is 1. The molecule has 0 aliphatic carbocycles. The molecule has 0 saturated heterocycles. The molecule has 1 atom stereocenters. The largest absolute Gasteiger partial charge is 0.479 e. The summed E-state index contributed by atoms with van der Waals surface area (Å²) in [6.45, 7) is 1.60. The topological polar surface area (TPSA) is 49.3 Å².